The lowest BCUT2D eigenvalue weighted by molar-refractivity contribution is -0.115. The number of benzene rings is 1. The van der Waals surface area contributed by atoms with Gasteiger partial charge in [0.15, 0.2) is 11.6 Å². The van der Waals surface area contributed by atoms with Gasteiger partial charge in [-0.25, -0.2) is 10.8 Å². The van der Waals surface area contributed by atoms with Gasteiger partial charge in [-0.1, -0.05) is 35.3 Å². The maximum Gasteiger partial charge on any atom is 0.244 e. The topological polar surface area (TPSA) is 83.3 Å². The molecule has 1 aliphatic rings. The zero-order valence-electron chi connectivity index (χ0n) is 10.7. The highest BCUT2D eigenvalue weighted by Crippen LogP contribution is 2.39. The van der Waals surface area contributed by atoms with Gasteiger partial charge < -0.3 is 15.6 Å². The van der Waals surface area contributed by atoms with Crippen LogP contribution in [-0.4, -0.2) is 17.4 Å². The highest BCUT2D eigenvalue weighted by Gasteiger charge is 2.26. The van der Waals surface area contributed by atoms with Crippen molar-refractivity contribution in [2.75, 3.05) is 22.2 Å². The van der Waals surface area contributed by atoms with Crippen molar-refractivity contribution in [2.45, 2.75) is 0 Å². The molecule has 1 aromatic carbocycles. The molecule has 0 bridgehead atoms. The molecule has 1 aromatic heterocycles. The number of hydrogen-bond donors (Lipinski definition) is 3. The number of nitrogens with zero attached hydrogens (tertiary/aromatic N) is 2. The van der Waals surface area contributed by atoms with Crippen LogP contribution in [0, 0.1) is 0 Å². The van der Waals surface area contributed by atoms with E-state index < -0.39 is 0 Å². The second-order valence-corrected chi connectivity index (χ2v) is 5.23. The van der Waals surface area contributed by atoms with Crippen LogP contribution in [0.1, 0.15) is 0 Å². The van der Waals surface area contributed by atoms with Crippen LogP contribution in [0.5, 0.6) is 0 Å². The van der Waals surface area contributed by atoms with Crippen molar-refractivity contribution < 1.29 is 4.79 Å². The molecule has 4 N–H and O–H groups in total. The molecule has 8 heteroatoms. The van der Waals surface area contributed by atoms with Crippen LogP contribution >= 0.6 is 23.2 Å². The third kappa shape index (κ3) is 2.49. The summed E-state index contributed by atoms with van der Waals surface area (Å²) in [5, 5.41) is 3.44. The van der Waals surface area contributed by atoms with Gasteiger partial charge in [0.25, 0.3) is 0 Å². The SMILES string of the molecule is NNc1nc(N2CC(=O)Nc3ccccc32)c(Cl)cc1Cl. The van der Waals surface area contributed by atoms with Gasteiger partial charge in [0, 0.05) is 0 Å². The molecule has 0 atom stereocenters. The minimum Gasteiger partial charge on any atom is -0.323 e. The van der Waals surface area contributed by atoms with Crippen LogP contribution in [0.3, 0.4) is 0 Å². The van der Waals surface area contributed by atoms with E-state index in [1.807, 2.05) is 24.3 Å². The number of carbonyl (C=O) groups excluding carboxylic acids is 1. The first-order valence-electron chi connectivity index (χ1n) is 6.09. The van der Waals surface area contributed by atoms with E-state index in [0.717, 1.165) is 5.69 Å². The van der Waals surface area contributed by atoms with Crippen molar-refractivity contribution in [1.29, 1.82) is 0 Å². The van der Waals surface area contributed by atoms with Crippen LogP contribution in [0.2, 0.25) is 10.0 Å². The molecular formula is C13H11Cl2N5O. The van der Waals surface area contributed by atoms with Crippen molar-refractivity contribution in [2.24, 2.45) is 5.84 Å². The summed E-state index contributed by atoms with van der Waals surface area (Å²) in [6.45, 7) is 0.107. The van der Waals surface area contributed by atoms with Crippen molar-refractivity contribution in [3.05, 3.63) is 40.4 Å². The molecule has 0 saturated carbocycles. The summed E-state index contributed by atoms with van der Waals surface area (Å²) < 4.78 is 0. The molecule has 21 heavy (non-hydrogen) atoms. The van der Waals surface area contributed by atoms with Crippen molar-refractivity contribution >= 4 is 52.1 Å². The largest absolute Gasteiger partial charge is 0.323 e. The first kappa shape index (κ1) is 13.9. The van der Waals surface area contributed by atoms with Crippen molar-refractivity contribution in [1.82, 2.24) is 4.98 Å². The number of anilines is 4. The molecule has 1 amide bonds. The van der Waals surface area contributed by atoms with Gasteiger partial charge in [-0.15, -0.1) is 0 Å². The number of nitrogens with one attached hydrogen (secondary N) is 2. The molecule has 0 spiro atoms. The first-order valence-corrected chi connectivity index (χ1v) is 6.85. The molecule has 6 nitrogen and oxygen atoms in total. The molecule has 0 radical (unpaired) electrons. The third-order valence-corrected chi connectivity index (χ3v) is 3.64. The number of rotatable bonds is 2. The number of nitrogen functional groups attached to an aromatic ring is 1. The second kappa shape index (κ2) is 5.40. The van der Waals surface area contributed by atoms with Crippen molar-refractivity contribution in [3.8, 4) is 0 Å². The summed E-state index contributed by atoms with van der Waals surface area (Å²) in [6.07, 6.45) is 0. The highest BCUT2D eigenvalue weighted by atomic mass is 35.5. The Balaban J connectivity index is 2.15. The Hall–Kier alpha value is -2.02. The Labute approximate surface area is 130 Å². The summed E-state index contributed by atoms with van der Waals surface area (Å²) >= 11 is 12.2. The lowest BCUT2D eigenvalue weighted by Crippen LogP contribution is -2.35. The maximum atomic E-state index is 11.9. The predicted molar refractivity (Wildman–Crippen MR) is 84.1 cm³/mol. The standard InChI is InChI=1S/C13H11Cl2N5O/c14-7-5-8(15)13(18-12(7)19-16)20-6-11(21)17-9-3-1-2-4-10(9)20/h1-5H,6,16H2,(H,17,21)(H,18,19). The van der Waals surface area contributed by atoms with Crippen LogP contribution in [0.25, 0.3) is 0 Å². The van der Waals surface area contributed by atoms with Crippen LogP contribution < -0.4 is 21.5 Å². The monoisotopic (exact) mass is 323 g/mol. The summed E-state index contributed by atoms with van der Waals surface area (Å²) in [5.74, 6) is 5.94. The molecular weight excluding hydrogens is 313 g/mol. The Morgan fingerprint density at radius 2 is 2.05 bits per heavy atom. The number of amides is 1. The fraction of sp³-hybridized carbons (Fsp3) is 0.0769. The number of fused-ring (bicyclic) bond motifs is 1. The van der Waals surface area contributed by atoms with E-state index in [0.29, 0.717) is 27.4 Å². The Kier molecular flexibility index (Phi) is 3.59. The van der Waals surface area contributed by atoms with Crippen LogP contribution in [0.15, 0.2) is 30.3 Å². The summed E-state index contributed by atoms with van der Waals surface area (Å²) in [5.41, 5.74) is 3.91. The van der Waals surface area contributed by atoms with Gasteiger partial charge in [0.1, 0.15) is 6.54 Å². The number of nitrogens with two attached hydrogens (primary N) is 1. The molecule has 108 valence electrons. The van der Waals surface area contributed by atoms with Gasteiger partial charge in [-0.05, 0) is 18.2 Å². The number of halogens is 2. The number of carbonyl (C=O) groups is 1. The first-order chi connectivity index (χ1) is 10.1. The Bertz CT molecular complexity index is 722. The smallest absolute Gasteiger partial charge is 0.244 e. The quantitative estimate of drug-likeness (QED) is 0.584. The minimum atomic E-state index is -0.149. The third-order valence-electron chi connectivity index (χ3n) is 3.07. The predicted octanol–water partition coefficient (Wildman–Crippen LogP) is 2.76. The van der Waals surface area contributed by atoms with Gasteiger partial charge >= 0.3 is 0 Å². The zero-order valence-corrected chi connectivity index (χ0v) is 12.2. The van der Waals surface area contributed by atoms with E-state index in [1.54, 1.807) is 4.90 Å². The molecule has 2 heterocycles. The number of pyridine rings is 1. The van der Waals surface area contributed by atoms with Crippen LogP contribution in [-0.2, 0) is 4.79 Å². The lowest BCUT2D eigenvalue weighted by atomic mass is 10.2. The van der Waals surface area contributed by atoms with E-state index in [1.165, 1.54) is 6.07 Å². The molecule has 0 unspecified atom stereocenters. The van der Waals surface area contributed by atoms with Gasteiger partial charge in [-0.2, -0.15) is 0 Å². The average Bonchev–Trinajstić information content (AvgIpc) is 2.46. The molecule has 2 aromatic rings. The fourth-order valence-electron chi connectivity index (χ4n) is 2.17. The fourth-order valence-corrected chi connectivity index (χ4v) is 2.68. The zero-order chi connectivity index (χ0) is 15.0. The summed E-state index contributed by atoms with van der Waals surface area (Å²) in [7, 11) is 0. The number of para-hydroxylation sites is 2. The maximum absolute atomic E-state index is 11.9. The average molecular weight is 324 g/mol. The highest BCUT2D eigenvalue weighted by molar-refractivity contribution is 6.37. The molecule has 1 aliphatic heterocycles. The molecule has 0 saturated heterocycles. The van der Waals surface area contributed by atoms with Crippen molar-refractivity contribution in [3.63, 3.8) is 0 Å². The van der Waals surface area contributed by atoms with E-state index in [2.05, 4.69) is 15.7 Å². The minimum absolute atomic E-state index is 0.107. The number of hydrogen-bond acceptors (Lipinski definition) is 5. The number of hydrazine groups is 1. The number of aromatic nitrogens is 1. The van der Waals surface area contributed by atoms with Gasteiger partial charge in [0.05, 0.1) is 21.4 Å². The van der Waals surface area contributed by atoms with E-state index >= 15 is 0 Å². The molecule has 0 fully saturated rings. The van der Waals surface area contributed by atoms with E-state index in [9.17, 15) is 4.79 Å². The van der Waals surface area contributed by atoms with Gasteiger partial charge in [0.2, 0.25) is 5.91 Å². The van der Waals surface area contributed by atoms with E-state index in [-0.39, 0.29) is 12.5 Å². The summed E-state index contributed by atoms with van der Waals surface area (Å²) in [6, 6.07) is 8.93. The van der Waals surface area contributed by atoms with Gasteiger partial charge in [-0.3, -0.25) is 4.79 Å². The summed E-state index contributed by atoms with van der Waals surface area (Å²) in [4.78, 5) is 17.9. The normalized spacial score (nSPS) is 13.7. The lowest BCUT2D eigenvalue weighted by Gasteiger charge is -2.30. The molecule has 0 aliphatic carbocycles. The second-order valence-electron chi connectivity index (χ2n) is 4.42. The Morgan fingerprint density at radius 3 is 2.81 bits per heavy atom. The van der Waals surface area contributed by atoms with E-state index in [4.69, 9.17) is 29.0 Å². The molecule has 3 rings (SSSR count). The van der Waals surface area contributed by atoms with Crippen LogP contribution in [0.4, 0.5) is 23.0 Å². The Morgan fingerprint density at radius 1 is 1.29 bits per heavy atom.